The van der Waals surface area contributed by atoms with Crippen molar-refractivity contribution in [3.63, 3.8) is 0 Å². The van der Waals surface area contributed by atoms with Crippen LogP contribution in [0.25, 0.3) is 0 Å². The largest absolute Gasteiger partial charge is 0.479 e. The Labute approximate surface area is 111 Å². The first-order valence-corrected chi connectivity index (χ1v) is 6.47. The molecule has 0 aliphatic heterocycles. The van der Waals surface area contributed by atoms with Gasteiger partial charge in [0.05, 0.1) is 0 Å². The number of aliphatic hydroxyl groups excluding tert-OH is 1. The Morgan fingerprint density at radius 1 is 0.944 bits per heavy atom. The molecule has 5 nitrogen and oxygen atoms in total. The second-order valence-corrected chi connectivity index (χ2v) is 5.03. The lowest BCUT2D eigenvalue weighted by atomic mass is 10.2. The zero-order valence-corrected chi connectivity index (χ0v) is 12.5. The third kappa shape index (κ3) is 20.7. The van der Waals surface area contributed by atoms with E-state index in [2.05, 4.69) is 38.0 Å². The lowest BCUT2D eigenvalue weighted by Gasteiger charge is -2.10. The number of aliphatic hydroxyl groups is 1. The van der Waals surface area contributed by atoms with Crippen LogP contribution in [0.4, 0.5) is 0 Å². The van der Waals surface area contributed by atoms with Gasteiger partial charge in [-0.2, -0.15) is 0 Å². The quantitative estimate of drug-likeness (QED) is 0.642. The molecule has 1 atom stereocenters. The Kier molecular flexibility index (Phi) is 14.0. The second kappa shape index (κ2) is 12.8. The molecule has 0 radical (unpaired) electrons. The summed E-state index contributed by atoms with van der Waals surface area (Å²) in [6.45, 7) is 3.67. The van der Waals surface area contributed by atoms with Gasteiger partial charge in [-0.1, -0.05) is 12.8 Å². The van der Waals surface area contributed by atoms with Gasteiger partial charge in [-0.05, 0) is 61.0 Å². The van der Waals surface area contributed by atoms with Crippen LogP contribution in [0, 0.1) is 0 Å². The Morgan fingerprint density at radius 2 is 1.22 bits per heavy atom. The minimum absolute atomic E-state index is 1.19. The lowest BCUT2D eigenvalue weighted by molar-refractivity contribution is -0.145. The van der Waals surface area contributed by atoms with E-state index in [1.165, 1.54) is 45.7 Å². The zero-order valence-electron chi connectivity index (χ0n) is 12.5. The Hall–Kier alpha value is -0.650. The van der Waals surface area contributed by atoms with Crippen LogP contribution in [0.15, 0.2) is 0 Å². The number of rotatable bonds is 8. The van der Waals surface area contributed by atoms with Crippen molar-refractivity contribution >= 4 is 5.97 Å². The summed E-state index contributed by atoms with van der Waals surface area (Å²) in [6, 6.07) is 0. The SMILES string of the molecule is CC(O)C(=O)O.CN(C)CCCCCCN(C)C. The molecule has 2 N–H and O–H groups in total. The third-order valence-corrected chi connectivity index (χ3v) is 2.32. The van der Waals surface area contributed by atoms with E-state index in [-0.39, 0.29) is 0 Å². The first-order valence-electron chi connectivity index (χ1n) is 6.47. The van der Waals surface area contributed by atoms with Crippen LogP contribution < -0.4 is 0 Å². The van der Waals surface area contributed by atoms with Crippen LogP contribution in [-0.4, -0.2) is 73.4 Å². The molecular weight excluding hydrogens is 232 g/mol. The van der Waals surface area contributed by atoms with Crippen LogP contribution in [0.1, 0.15) is 32.6 Å². The summed E-state index contributed by atoms with van der Waals surface area (Å²) in [4.78, 5) is 14.0. The van der Waals surface area contributed by atoms with Gasteiger partial charge >= 0.3 is 5.97 Å². The molecule has 0 spiro atoms. The van der Waals surface area contributed by atoms with Gasteiger partial charge in [-0.15, -0.1) is 0 Å². The second-order valence-electron chi connectivity index (χ2n) is 5.03. The average molecular weight is 262 g/mol. The molecule has 0 aromatic heterocycles. The summed E-state index contributed by atoms with van der Waals surface area (Å²) in [7, 11) is 8.55. The van der Waals surface area contributed by atoms with E-state index < -0.39 is 12.1 Å². The molecule has 0 aliphatic carbocycles. The van der Waals surface area contributed by atoms with E-state index in [0.29, 0.717) is 0 Å². The fraction of sp³-hybridized carbons (Fsp3) is 0.923. The topological polar surface area (TPSA) is 64.0 Å². The summed E-state index contributed by atoms with van der Waals surface area (Å²) in [5, 5.41) is 15.8. The van der Waals surface area contributed by atoms with Crippen molar-refractivity contribution in [2.45, 2.75) is 38.7 Å². The fourth-order valence-corrected chi connectivity index (χ4v) is 1.21. The van der Waals surface area contributed by atoms with E-state index >= 15 is 0 Å². The van der Waals surface area contributed by atoms with Gasteiger partial charge in [0.15, 0.2) is 0 Å². The molecule has 0 aromatic carbocycles. The van der Waals surface area contributed by atoms with Crippen LogP contribution in [-0.2, 0) is 4.79 Å². The van der Waals surface area contributed by atoms with E-state index in [0.717, 1.165) is 0 Å². The van der Waals surface area contributed by atoms with Crippen LogP contribution in [0.3, 0.4) is 0 Å². The molecule has 0 heterocycles. The molecule has 0 amide bonds. The Morgan fingerprint density at radius 3 is 1.39 bits per heavy atom. The fourth-order valence-electron chi connectivity index (χ4n) is 1.21. The number of hydrogen-bond donors (Lipinski definition) is 2. The highest BCUT2D eigenvalue weighted by Crippen LogP contribution is 2.00. The first-order chi connectivity index (χ1) is 8.27. The molecular formula is C13H30N2O3. The molecule has 0 saturated carbocycles. The number of hydrogen-bond acceptors (Lipinski definition) is 4. The molecule has 110 valence electrons. The maximum atomic E-state index is 9.45. The molecule has 0 fully saturated rings. The normalized spacial score (nSPS) is 12.2. The van der Waals surface area contributed by atoms with Crippen molar-refractivity contribution in [1.29, 1.82) is 0 Å². The molecule has 0 aromatic rings. The zero-order chi connectivity index (χ0) is 14.6. The summed E-state index contributed by atoms with van der Waals surface area (Å²) in [5.41, 5.74) is 0. The van der Waals surface area contributed by atoms with Crippen LogP contribution in [0.2, 0.25) is 0 Å². The molecule has 0 rings (SSSR count). The minimum atomic E-state index is -1.23. The summed E-state index contributed by atoms with van der Waals surface area (Å²) < 4.78 is 0. The van der Waals surface area contributed by atoms with E-state index in [1.807, 2.05) is 0 Å². The van der Waals surface area contributed by atoms with Gasteiger partial charge in [-0.3, -0.25) is 0 Å². The van der Waals surface area contributed by atoms with E-state index in [1.54, 1.807) is 0 Å². The van der Waals surface area contributed by atoms with Gasteiger partial charge in [-0.25, -0.2) is 4.79 Å². The smallest absolute Gasteiger partial charge is 0.332 e. The third-order valence-electron chi connectivity index (χ3n) is 2.32. The summed E-state index contributed by atoms with van der Waals surface area (Å²) >= 11 is 0. The standard InChI is InChI=1S/C10H24N2.C3H6O3/c1-11(2)9-7-5-6-8-10-12(3)4;1-2(4)3(5)6/h5-10H2,1-4H3;2,4H,1H3,(H,5,6). The molecule has 0 saturated heterocycles. The number of aliphatic carboxylic acids is 1. The summed E-state index contributed by atoms with van der Waals surface area (Å²) in [6.07, 6.45) is 4.23. The van der Waals surface area contributed by atoms with Crippen molar-refractivity contribution in [1.82, 2.24) is 9.80 Å². The number of carboxylic acids is 1. The lowest BCUT2D eigenvalue weighted by Crippen LogP contribution is -2.14. The predicted octanol–water partition coefficient (Wildman–Crippen LogP) is 1.12. The van der Waals surface area contributed by atoms with Gasteiger partial charge in [0.2, 0.25) is 0 Å². The Bertz CT molecular complexity index is 183. The maximum absolute atomic E-state index is 9.45. The van der Waals surface area contributed by atoms with Gasteiger partial charge in [0.25, 0.3) is 0 Å². The van der Waals surface area contributed by atoms with Gasteiger partial charge in [0, 0.05) is 0 Å². The number of nitrogens with zero attached hydrogens (tertiary/aromatic N) is 2. The molecule has 5 heteroatoms. The molecule has 0 bridgehead atoms. The van der Waals surface area contributed by atoms with Gasteiger partial charge in [0.1, 0.15) is 6.10 Å². The van der Waals surface area contributed by atoms with E-state index in [9.17, 15) is 4.79 Å². The molecule has 18 heavy (non-hydrogen) atoms. The van der Waals surface area contributed by atoms with Crippen molar-refractivity contribution in [3.8, 4) is 0 Å². The summed E-state index contributed by atoms with van der Waals surface area (Å²) in [5.74, 6) is -1.19. The number of carboxylic acid groups (broad SMARTS) is 1. The first kappa shape index (κ1) is 19.7. The molecule has 1 unspecified atom stereocenters. The van der Waals surface area contributed by atoms with Crippen molar-refractivity contribution in [3.05, 3.63) is 0 Å². The highest BCUT2D eigenvalue weighted by atomic mass is 16.4. The maximum Gasteiger partial charge on any atom is 0.332 e. The Balaban J connectivity index is 0. The number of unbranched alkanes of at least 4 members (excludes halogenated alkanes) is 3. The average Bonchev–Trinajstić information content (AvgIpc) is 2.23. The van der Waals surface area contributed by atoms with E-state index in [4.69, 9.17) is 10.2 Å². The van der Waals surface area contributed by atoms with Crippen LogP contribution in [0.5, 0.6) is 0 Å². The van der Waals surface area contributed by atoms with Crippen molar-refractivity contribution in [2.75, 3.05) is 41.3 Å². The highest BCUT2D eigenvalue weighted by molar-refractivity contribution is 5.71. The number of carbonyl (C=O) groups is 1. The highest BCUT2D eigenvalue weighted by Gasteiger charge is 2.01. The minimum Gasteiger partial charge on any atom is -0.479 e. The van der Waals surface area contributed by atoms with Gasteiger partial charge < -0.3 is 20.0 Å². The monoisotopic (exact) mass is 262 g/mol. The van der Waals surface area contributed by atoms with Crippen LogP contribution >= 0.6 is 0 Å². The van der Waals surface area contributed by atoms with Crippen molar-refractivity contribution < 1.29 is 15.0 Å². The van der Waals surface area contributed by atoms with Crippen molar-refractivity contribution in [2.24, 2.45) is 0 Å². The predicted molar refractivity (Wildman–Crippen MR) is 74.9 cm³/mol. The molecule has 0 aliphatic rings.